The molecule has 5 nitrogen and oxygen atoms in total. The molecule has 0 rings (SSSR count). The Hall–Kier alpha value is -0.690. The highest BCUT2D eigenvalue weighted by molar-refractivity contribution is 7.90. The average Bonchev–Trinajstić information content (AvgIpc) is 2.11. The second-order valence-electron chi connectivity index (χ2n) is 4.35. The summed E-state index contributed by atoms with van der Waals surface area (Å²) in [5.41, 5.74) is 4.51. The molecular weight excluding hydrogens is 248 g/mol. The molecule has 2 N–H and O–H groups in total. The van der Waals surface area contributed by atoms with Gasteiger partial charge in [0, 0.05) is 19.8 Å². The second-order valence-corrected chi connectivity index (χ2v) is 7.05. The Kier molecular flexibility index (Phi) is 4.87. The molecule has 0 aliphatic rings. The molecule has 0 bridgehead atoms. The lowest BCUT2D eigenvalue weighted by Crippen LogP contribution is -2.46. The minimum Gasteiger partial charge on any atom is -0.392 e. The fourth-order valence-electron chi connectivity index (χ4n) is 0.987. The molecule has 0 aliphatic carbocycles. The van der Waals surface area contributed by atoms with Crippen molar-refractivity contribution < 1.29 is 13.2 Å². The van der Waals surface area contributed by atoms with E-state index >= 15 is 0 Å². The van der Waals surface area contributed by atoms with Crippen LogP contribution in [0.15, 0.2) is 0 Å². The third-order valence-electron chi connectivity index (χ3n) is 2.29. The third-order valence-corrected chi connectivity index (χ3v) is 3.73. The van der Waals surface area contributed by atoms with Crippen molar-refractivity contribution in [3.8, 4) is 0 Å². The molecule has 94 valence electrons. The topological polar surface area (TPSA) is 80.5 Å². The molecule has 0 spiro atoms. The molecule has 0 fully saturated rings. The fraction of sp³-hybridized carbons (Fsp3) is 0.778. The summed E-state index contributed by atoms with van der Waals surface area (Å²) < 4.78 is 21.9. The second kappa shape index (κ2) is 5.09. The summed E-state index contributed by atoms with van der Waals surface area (Å²) >= 11 is 4.80. The van der Waals surface area contributed by atoms with Gasteiger partial charge in [0.25, 0.3) is 0 Å². The number of hydrogen-bond donors (Lipinski definition) is 1. The molecule has 0 radical (unpaired) electrons. The summed E-state index contributed by atoms with van der Waals surface area (Å²) in [6, 6.07) is 0. The maximum atomic E-state index is 11.9. The van der Waals surface area contributed by atoms with E-state index in [-0.39, 0.29) is 23.2 Å². The molecule has 0 unspecified atom stereocenters. The molecule has 0 saturated carbocycles. The van der Waals surface area contributed by atoms with E-state index in [9.17, 15) is 13.2 Å². The number of carbonyl (C=O) groups is 1. The quantitative estimate of drug-likeness (QED) is 0.697. The SMILES string of the molecule is CN(CCS(C)(=O)=O)C(=O)C(C)(C)C(N)=S. The van der Waals surface area contributed by atoms with Crippen molar-refractivity contribution in [2.24, 2.45) is 11.1 Å². The normalized spacial score (nSPS) is 12.2. The van der Waals surface area contributed by atoms with Gasteiger partial charge in [-0.2, -0.15) is 0 Å². The van der Waals surface area contributed by atoms with Gasteiger partial charge in [0.05, 0.1) is 16.2 Å². The smallest absolute Gasteiger partial charge is 0.234 e. The molecule has 0 aromatic rings. The van der Waals surface area contributed by atoms with E-state index in [1.54, 1.807) is 13.8 Å². The van der Waals surface area contributed by atoms with Gasteiger partial charge in [-0.15, -0.1) is 0 Å². The van der Waals surface area contributed by atoms with Gasteiger partial charge in [-0.1, -0.05) is 12.2 Å². The molecule has 16 heavy (non-hydrogen) atoms. The minimum absolute atomic E-state index is 0.0668. The van der Waals surface area contributed by atoms with E-state index in [2.05, 4.69) is 0 Å². The Morgan fingerprint density at radius 2 is 1.88 bits per heavy atom. The Morgan fingerprint density at radius 1 is 1.44 bits per heavy atom. The first-order valence-electron chi connectivity index (χ1n) is 4.71. The summed E-state index contributed by atoms with van der Waals surface area (Å²) in [7, 11) is -1.54. The number of rotatable bonds is 5. The van der Waals surface area contributed by atoms with E-state index < -0.39 is 15.3 Å². The molecule has 0 saturated heterocycles. The van der Waals surface area contributed by atoms with Crippen LogP contribution in [0.5, 0.6) is 0 Å². The monoisotopic (exact) mass is 266 g/mol. The number of sulfone groups is 1. The Bertz CT molecular complexity index is 388. The van der Waals surface area contributed by atoms with Gasteiger partial charge in [-0.3, -0.25) is 4.79 Å². The zero-order valence-electron chi connectivity index (χ0n) is 9.98. The standard InChI is InChI=1S/C9H18N2O3S2/c1-9(2,7(10)15)8(12)11(3)5-6-16(4,13)14/h5-6H2,1-4H3,(H2,10,15). The van der Waals surface area contributed by atoms with Gasteiger partial charge in [-0.25, -0.2) is 8.42 Å². The lowest BCUT2D eigenvalue weighted by molar-refractivity contribution is -0.135. The van der Waals surface area contributed by atoms with Crippen LogP contribution in [0, 0.1) is 5.41 Å². The van der Waals surface area contributed by atoms with Crippen molar-refractivity contribution in [3.63, 3.8) is 0 Å². The fourth-order valence-corrected chi connectivity index (χ4v) is 1.68. The number of nitrogens with two attached hydrogens (primary N) is 1. The van der Waals surface area contributed by atoms with Gasteiger partial charge < -0.3 is 10.6 Å². The molecule has 0 atom stereocenters. The summed E-state index contributed by atoms with van der Waals surface area (Å²) in [6.45, 7) is 3.38. The predicted molar refractivity (Wildman–Crippen MR) is 67.9 cm³/mol. The maximum Gasteiger partial charge on any atom is 0.234 e. The van der Waals surface area contributed by atoms with Gasteiger partial charge >= 0.3 is 0 Å². The van der Waals surface area contributed by atoms with Crippen LogP contribution in [0.3, 0.4) is 0 Å². The molecule has 0 heterocycles. The van der Waals surface area contributed by atoms with Crippen LogP contribution in [0.1, 0.15) is 13.8 Å². The number of thiocarbonyl (C=S) groups is 1. The molecule has 0 aromatic heterocycles. The number of amides is 1. The van der Waals surface area contributed by atoms with Crippen LogP contribution in [0.2, 0.25) is 0 Å². The highest BCUT2D eigenvalue weighted by atomic mass is 32.2. The van der Waals surface area contributed by atoms with E-state index in [1.165, 1.54) is 11.9 Å². The number of nitrogens with zero attached hydrogens (tertiary/aromatic N) is 1. The van der Waals surface area contributed by atoms with Gasteiger partial charge in [0.2, 0.25) is 5.91 Å². The Labute approximate surface area is 102 Å². The molecule has 0 aliphatic heterocycles. The van der Waals surface area contributed by atoms with Crippen LogP contribution in [0.25, 0.3) is 0 Å². The van der Waals surface area contributed by atoms with Crippen molar-refractivity contribution in [2.45, 2.75) is 13.8 Å². The lowest BCUT2D eigenvalue weighted by atomic mass is 9.92. The zero-order chi connectivity index (χ0) is 13.1. The highest BCUT2D eigenvalue weighted by Crippen LogP contribution is 2.18. The Morgan fingerprint density at radius 3 is 2.19 bits per heavy atom. The number of hydrogen-bond acceptors (Lipinski definition) is 4. The van der Waals surface area contributed by atoms with Crippen molar-refractivity contribution in [2.75, 3.05) is 25.6 Å². The van der Waals surface area contributed by atoms with Crippen LogP contribution in [-0.4, -0.2) is 49.8 Å². The van der Waals surface area contributed by atoms with E-state index in [4.69, 9.17) is 18.0 Å². The summed E-state index contributed by atoms with van der Waals surface area (Å²) in [5.74, 6) is -0.341. The number of carbonyl (C=O) groups excluding carboxylic acids is 1. The first-order valence-corrected chi connectivity index (χ1v) is 7.18. The largest absolute Gasteiger partial charge is 0.392 e. The van der Waals surface area contributed by atoms with Crippen LogP contribution >= 0.6 is 12.2 Å². The Balaban J connectivity index is 4.58. The molecule has 7 heteroatoms. The molecular formula is C9H18N2O3S2. The molecule has 0 aromatic carbocycles. The first-order chi connectivity index (χ1) is 6.98. The summed E-state index contributed by atoms with van der Waals surface area (Å²) in [5, 5.41) is 0. The minimum atomic E-state index is -3.08. The maximum absolute atomic E-state index is 11.9. The van der Waals surface area contributed by atoms with Crippen molar-refractivity contribution >= 4 is 33.0 Å². The van der Waals surface area contributed by atoms with E-state index in [1.807, 2.05) is 0 Å². The van der Waals surface area contributed by atoms with Crippen LogP contribution in [-0.2, 0) is 14.6 Å². The van der Waals surface area contributed by atoms with Crippen molar-refractivity contribution in [1.29, 1.82) is 0 Å². The van der Waals surface area contributed by atoms with Crippen LogP contribution < -0.4 is 5.73 Å². The van der Waals surface area contributed by atoms with Crippen molar-refractivity contribution in [1.82, 2.24) is 4.90 Å². The van der Waals surface area contributed by atoms with Crippen LogP contribution in [0.4, 0.5) is 0 Å². The molecule has 1 amide bonds. The zero-order valence-corrected chi connectivity index (χ0v) is 11.6. The predicted octanol–water partition coefficient (Wildman–Crippen LogP) is -0.198. The van der Waals surface area contributed by atoms with Crippen molar-refractivity contribution in [3.05, 3.63) is 0 Å². The summed E-state index contributed by atoms with van der Waals surface area (Å²) in [6.07, 6.45) is 1.13. The van der Waals surface area contributed by atoms with Gasteiger partial charge in [0.15, 0.2) is 0 Å². The first kappa shape index (κ1) is 15.3. The summed E-state index contributed by atoms with van der Waals surface area (Å²) in [4.78, 5) is 13.3. The van der Waals surface area contributed by atoms with Gasteiger partial charge in [-0.05, 0) is 13.8 Å². The third kappa shape index (κ3) is 4.44. The lowest BCUT2D eigenvalue weighted by Gasteiger charge is -2.28. The van der Waals surface area contributed by atoms with E-state index in [0.717, 1.165) is 6.26 Å². The highest BCUT2D eigenvalue weighted by Gasteiger charge is 2.33. The van der Waals surface area contributed by atoms with Gasteiger partial charge in [0.1, 0.15) is 9.84 Å². The average molecular weight is 266 g/mol. The van der Waals surface area contributed by atoms with E-state index in [0.29, 0.717) is 0 Å².